The summed E-state index contributed by atoms with van der Waals surface area (Å²) in [6.45, 7) is 11.0. The number of rotatable bonds is 5. The van der Waals surface area contributed by atoms with Gasteiger partial charge in [-0.1, -0.05) is 18.2 Å². The number of carbonyl (C=O) groups excluding carboxylic acids is 1. The minimum atomic E-state index is -0.0314. The number of aromatic amines is 1. The molecular weight excluding hydrogens is 376 g/mol. The van der Waals surface area contributed by atoms with E-state index in [2.05, 4.69) is 58.2 Å². The van der Waals surface area contributed by atoms with Gasteiger partial charge in [-0.05, 0) is 44.2 Å². The molecule has 4 rings (SSSR count). The molecule has 1 aromatic carbocycles. The van der Waals surface area contributed by atoms with E-state index < -0.39 is 0 Å². The number of fused-ring (bicyclic) bond motifs is 1. The van der Waals surface area contributed by atoms with E-state index in [0.29, 0.717) is 12.5 Å². The summed E-state index contributed by atoms with van der Waals surface area (Å²) < 4.78 is 0. The van der Waals surface area contributed by atoms with Crippen molar-refractivity contribution in [3.63, 3.8) is 0 Å². The molecule has 2 fully saturated rings. The standard InChI is InChI=1S/C23H34N6O/c1-3-24-23(25-17-20-16-19-8-4-5-9-21(19)26-20)29-14-12-27(13-15-29)18(2)22(30)28-10-6-7-11-28/h4-5,8-9,16,18,26H,3,6-7,10-15,17H2,1-2H3,(H,24,25). The third-order valence-corrected chi connectivity index (χ3v) is 6.26. The van der Waals surface area contributed by atoms with Gasteiger partial charge >= 0.3 is 0 Å². The fourth-order valence-corrected chi connectivity index (χ4v) is 4.48. The van der Waals surface area contributed by atoms with Crippen molar-refractivity contribution in [1.29, 1.82) is 0 Å². The number of likely N-dealkylation sites (tertiary alicyclic amines) is 1. The molecule has 3 heterocycles. The second kappa shape index (κ2) is 9.51. The molecule has 2 N–H and O–H groups in total. The number of amides is 1. The fraction of sp³-hybridized carbons (Fsp3) is 0.565. The van der Waals surface area contributed by atoms with Crippen LogP contribution in [0.3, 0.4) is 0 Å². The highest BCUT2D eigenvalue weighted by Crippen LogP contribution is 2.16. The summed E-state index contributed by atoms with van der Waals surface area (Å²) in [4.78, 5) is 27.7. The van der Waals surface area contributed by atoms with Crippen LogP contribution in [0, 0.1) is 0 Å². The van der Waals surface area contributed by atoms with Crippen molar-refractivity contribution < 1.29 is 4.79 Å². The van der Waals surface area contributed by atoms with Crippen molar-refractivity contribution in [1.82, 2.24) is 25.0 Å². The van der Waals surface area contributed by atoms with Gasteiger partial charge in [-0.2, -0.15) is 0 Å². The number of hydrogen-bond acceptors (Lipinski definition) is 3. The Morgan fingerprint density at radius 1 is 1.10 bits per heavy atom. The summed E-state index contributed by atoms with van der Waals surface area (Å²) in [6.07, 6.45) is 2.29. The number of para-hydroxylation sites is 1. The van der Waals surface area contributed by atoms with Crippen molar-refractivity contribution in [2.24, 2.45) is 4.99 Å². The Balaban J connectivity index is 1.35. The van der Waals surface area contributed by atoms with Gasteiger partial charge in [0.2, 0.25) is 5.91 Å². The number of nitrogens with zero attached hydrogens (tertiary/aromatic N) is 4. The van der Waals surface area contributed by atoms with Gasteiger partial charge in [-0.25, -0.2) is 4.99 Å². The number of aromatic nitrogens is 1. The minimum Gasteiger partial charge on any atom is -0.357 e. The average Bonchev–Trinajstić information content (AvgIpc) is 3.45. The average molecular weight is 411 g/mol. The quantitative estimate of drug-likeness (QED) is 0.586. The molecule has 1 unspecified atom stereocenters. The number of H-pyrrole nitrogens is 1. The lowest BCUT2D eigenvalue weighted by Gasteiger charge is -2.39. The molecule has 0 saturated carbocycles. The minimum absolute atomic E-state index is 0.0314. The zero-order valence-corrected chi connectivity index (χ0v) is 18.2. The van der Waals surface area contributed by atoms with Crippen LogP contribution in [0.4, 0.5) is 0 Å². The SMILES string of the molecule is CCNC(=NCc1cc2ccccc2[nH]1)N1CCN(C(C)C(=O)N2CCCC2)CC1. The van der Waals surface area contributed by atoms with Crippen molar-refractivity contribution >= 4 is 22.8 Å². The maximum Gasteiger partial charge on any atom is 0.239 e. The normalized spacial score (nSPS) is 19.5. The van der Waals surface area contributed by atoms with Crippen molar-refractivity contribution in [3.05, 3.63) is 36.0 Å². The van der Waals surface area contributed by atoms with Gasteiger partial charge in [0.1, 0.15) is 0 Å². The Morgan fingerprint density at radius 3 is 2.53 bits per heavy atom. The lowest BCUT2D eigenvalue weighted by atomic mass is 10.2. The van der Waals surface area contributed by atoms with Crippen LogP contribution in [0.5, 0.6) is 0 Å². The van der Waals surface area contributed by atoms with E-state index in [1.54, 1.807) is 0 Å². The molecule has 0 spiro atoms. The third-order valence-electron chi connectivity index (χ3n) is 6.26. The monoisotopic (exact) mass is 410 g/mol. The van der Waals surface area contributed by atoms with Crippen LogP contribution in [0.25, 0.3) is 10.9 Å². The van der Waals surface area contributed by atoms with Crippen molar-refractivity contribution in [2.45, 2.75) is 39.3 Å². The van der Waals surface area contributed by atoms with E-state index in [0.717, 1.165) is 75.8 Å². The molecule has 0 aliphatic carbocycles. The fourth-order valence-electron chi connectivity index (χ4n) is 4.48. The van der Waals surface area contributed by atoms with Crippen LogP contribution >= 0.6 is 0 Å². The van der Waals surface area contributed by atoms with Crippen LogP contribution in [0.15, 0.2) is 35.3 Å². The largest absolute Gasteiger partial charge is 0.357 e. The number of aliphatic imine (C=N–C) groups is 1. The van der Waals surface area contributed by atoms with Gasteiger partial charge in [-0.3, -0.25) is 9.69 Å². The van der Waals surface area contributed by atoms with E-state index in [-0.39, 0.29) is 6.04 Å². The van der Waals surface area contributed by atoms with Crippen LogP contribution in [-0.4, -0.2) is 83.4 Å². The Morgan fingerprint density at radius 2 is 1.83 bits per heavy atom. The van der Waals surface area contributed by atoms with Crippen LogP contribution in [0.2, 0.25) is 0 Å². The predicted molar refractivity (Wildman–Crippen MR) is 122 cm³/mol. The molecule has 0 bridgehead atoms. The smallest absolute Gasteiger partial charge is 0.239 e. The molecule has 1 amide bonds. The van der Waals surface area contributed by atoms with Gasteiger partial charge < -0.3 is 20.1 Å². The predicted octanol–water partition coefficient (Wildman–Crippen LogP) is 2.26. The second-order valence-corrected chi connectivity index (χ2v) is 8.28. The summed E-state index contributed by atoms with van der Waals surface area (Å²) >= 11 is 0. The molecule has 162 valence electrons. The van der Waals surface area contributed by atoms with Gasteiger partial charge in [0.15, 0.2) is 5.96 Å². The highest BCUT2D eigenvalue weighted by atomic mass is 16.2. The van der Waals surface area contributed by atoms with Crippen LogP contribution in [0.1, 0.15) is 32.4 Å². The Bertz CT molecular complexity index is 844. The van der Waals surface area contributed by atoms with Crippen molar-refractivity contribution in [2.75, 3.05) is 45.8 Å². The number of nitrogens with one attached hydrogen (secondary N) is 2. The lowest BCUT2D eigenvalue weighted by molar-refractivity contribution is -0.135. The maximum atomic E-state index is 12.7. The summed E-state index contributed by atoms with van der Waals surface area (Å²) in [5.74, 6) is 1.25. The summed E-state index contributed by atoms with van der Waals surface area (Å²) in [6, 6.07) is 10.5. The van der Waals surface area contributed by atoms with E-state index in [1.165, 1.54) is 5.39 Å². The highest BCUT2D eigenvalue weighted by Gasteiger charge is 2.30. The molecule has 1 aromatic heterocycles. The molecule has 2 aliphatic rings. The van der Waals surface area contributed by atoms with Crippen LogP contribution in [-0.2, 0) is 11.3 Å². The molecular formula is C23H34N6O. The Labute approximate surface area is 179 Å². The first-order valence-corrected chi connectivity index (χ1v) is 11.3. The highest BCUT2D eigenvalue weighted by molar-refractivity contribution is 5.82. The summed E-state index contributed by atoms with van der Waals surface area (Å²) in [5.41, 5.74) is 2.27. The molecule has 7 heteroatoms. The van der Waals surface area contributed by atoms with Gasteiger partial charge in [0.25, 0.3) is 0 Å². The van der Waals surface area contributed by atoms with Gasteiger partial charge in [0, 0.05) is 57.0 Å². The number of guanidine groups is 1. The maximum absolute atomic E-state index is 12.7. The van der Waals surface area contributed by atoms with Gasteiger partial charge in [-0.15, -0.1) is 0 Å². The zero-order valence-electron chi connectivity index (χ0n) is 18.2. The Hall–Kier alpha value is -2.54. The molecule has 2 aromatic rings. The topological polar surface area (TPSA) is 67.0 Å². The van der Waals surface area contributed by atoms with Gasteiger partial charge in [0.05, 0.1) is 12.6 Å². The number of carbonyl (C=O) groups is 1. The van der Waals surface area contributed by atoms with E-state index in [1.807, 2.05) is 11.0 Å². The van der Waals surface area contributed by atoms with Crippen LogP contribution < -0.4 is 5.32 Å². The first kappa shape index (κ1) is 20.7. The first-order chi connectivity index (χ1) is 14.7. The lowest BCUT2D eigenvalue weighted by Crippen LogP contribution is -2.57. The van der Waals surface area contributed by atoms with Crippen molar-refractivity contribution in [3.8, 4) is 0 Å². The molecule has 30 heavy (non-hydrogen) atoms. The summed E-state index contributed by atoms with van der Waals surface area (Å²) in [5, 5.41) is 4.66. The van der Waals surface area contributed by atoms with E-state index >= 15 is 0 Å². The second-order valence-electron chi connectivity index (χ2n) is 8.28. The molecule has 2 saturated heterocycles. The molecule has 2 aliphatic heterocycles. The summed E-state index contributed by atoms with van der Waals surface area (Å²) in [7, 11) is 0. The number of benzene rings is 1. The number of piperazine rings is 1. The number of hydrogen-bond donors (Lipinski definition) is 2. The third kappa shape index (κ3) is 4.61. The molecule has 7 nitrogen and oxygen atoms in total. The first-order valence-electron chi connectivity index (χ1n) is 11.3. The zero-order chi connectivity index (χ0) is 20.9. The Kier molecular flexibility index (Phi) is 6.57. The van der Waals surface area contributed by atoms with E-state index in [4.69, 9.17) is 4.99 Å². The molecule has 1 atom stereocenters. The van der Waals surface area contributed by atoms with E-state index in [9.17, 15) is 4.79 Å². The molecule has 0 radical (unpaired) electrons.